The summed E-state index contributed by atoms with van der Waals surface area (Å²) in [6, 6.07) is 22.9. The van der Waals surface area contributed by atoms with Gasteiger partial charge in [0, 0.05) is 29.4 Å². The number of aromatic amines is 1. The topological polar surface area (TPSA) is 87.1 Å². The second kappa shape index (κ2) is 9.50. The standard InChI is InChI=1S/C27H22ClN3O3/c28-27-17(13-29)6-5-8-20(27)21(22-15-30-23-9-2-1-7-19(22)23)12-26(32)31-14-18-16-33-24-10-3-4-11-25(24)34-18/h1-11,15,18,21,30H,12,14,16H2,(H,31,32)/t18-,21+/m0/s1. The van der Waals surface area contributed by atoms with Crippen molar-refractivity contribution in [2.24, 2.45) is 0 Å². The van der Waals surface area contributed by atoms with Crippen LogP contribution >= 0.6 is 11.6 Å². The molecule has 34 heavy (non-hydrogen) atoms. The number of amides is 1. The summed E-state index contributed by atoms with van der Waals surface area (Å²) in [4.78, 5) is 16.4. The van der Waals surface area contributed by atoms with Crippen molar-refractivity contribution in [3.05, 3.63) is 94.6 Å². The largest absolute Gasteiger partial charge is 0.486 e. The highest BCUT2D eigenvalue weighted by molar-refractivity contribution is 6.32. The molecule has 1 aliphatic rings. The molecule has 5 rings (SSSR count). The van der Waals surface area contributed by atoms with Gasteiger partial charge in [0.25, 0.3) is 0 Å². The Morgan fingerprint density at radius 3 is 2.74 bits per heavy atom. The minimum absolute atomic E-state index is 0.142. The normalized spacial score (nSPS) is 15.5. The van der Waals surface area contributed by atoms with Crippen LogP contribution in [0.25, 0.3) is 10.9 Å². The molecule has 4 aromatic rings. The number of benzene rings is 3. The lowest BCUT2D eigenvalue weighted by Crippen LogP contribution is -2.41. The average molecular weight is 472 g/mol. The minimum atomic E-state index is -0.332. The number of carbonyl (C=O) groups excluding carboxylic acids is 1. The van der Waals surface area contributed by atoms with Gasteiger partial charge in [0.05, 0.1) is 17.1 Å². The molecule has 0 saturated carbocycles. The number of hydrogen-bond donors (Lipinski definition) is 2. The van der Waals surface area contributed by atoms with Gasteiger partial charge >= 0.3 is 0 Å². The Morgan fingerprint density at radius 2 is 1.88 bits per heavy atom. The van der Waals surface area contributed by atoms with Gasteiger partial charge in [-0.3, -0.25) is 4.79 Å². The zero-order valence-corrected chi connectivity index (χ0v) is 19.0. The number of carbonyl (C=O) groups is 1. The number of nitriles is 1. The van der Waals surface area contributed by atoms with Crippen molar-refractivity contribution in [3.63, 3.8) is 0 Å². The average Bonchev–Trinajstić information content (AvgIpc) is 3.30. The summed E-state index contributed by atoms with van der Waals surface area (Å²) in [5.74, 6) is 0.902. The molecule has 0 aliphatic carbocycles. The number of H-pyrrole nitrogens is 1. The molecule has 0 fully saturated rings. The predicted molar refractivity (Wildman–Crippen MR) is 130 cm³/mol. The molecule has 0 spiro atoms. The molecule has 1 aromatic heterocycles. The minimum Gasteiger partial charge on any atom is -0.486 e. The zero-order chi connectivity index (χ0) is 23.5. The molecule has 6 nitrogen and oxygen atoms in total. The number of fused-ring (bicyclic) bond motifs is 2. The van der Waals surface area contributed by atoms with E-state index in [1.54, 1.807) is 12.1 Å². The van der Waals surface area contributed by atoms with Crippen LogP contribution in [0.5, 0.6) is 11.5 Å². The van der Waals surface area contributed by atoms with E-state index < -0.39 is 0 Å². The van der Waals surface area contributed by atoms with Gasteiger partial charge in [-0.15, -0.1) is 0 Å². The van der Waals surface area contributed by atoms with Crippen molar-refractivity contribution in [3.8, 4) is 17.6 Å². The molecular formula is C27H22ClN3O3. The Labute approximate surface area is 202 Å². The lowest BCUT2D eigenvalue weighted by atomic mass is 9.87. The molecule has 0 saturated heterocycles. The Balaban J connectivity index is 1.37. The maximum Gasteiger partial charge on any atom is 0.221 e. The number of para-hydroxylation sites is 3. The molecule has 1 amide bonds. The molecule has 2 heterocycles. The van der Waals surface area contributed by atoms with Crippen molar-refractivity contribution in [1.82, 2.24) is 10.3 Å². The van der Waals surface area contributed by atoms with Crippen LogP contribution in [0.15, 0.2) is 72.9 Å². The van der Waals surface area contributed by atoms with Gasteiger partial charge in [0.15, 0.2) is 11.5 Å². The van der Waals surface area contributed by atoms with E-state index in [9.17, 15) is 10.1 Å². The highest BCUT2D eigenvalue weighted by Gasteiger charge is 2.26. The van der Waals surface area contributed by atoms with Crippen LogP contribution in [0, 0.1) is 11.3 Å². The van der Waals surface area contributed by atoms with Gasteiger partial charge in [0.2, 0.25) is 5.91 Å². The lowest BCUT2D eigenvalue weighted by Gasteiger charge is -2.27. The Bertz CT molecular complexity index is 1390. The van der Waals surface area contributed by atoms with Crippen molar-refractivity contribution in [1.29, 1.82) is 5.26 Å². The Hall–Kier alpha value is -3.95. The highest BCUT2D eigenvalue weighted by atomic mass is 35.5. The number of rotatable bonds is 6. The summed E-state index contributed by atoms with van der Waals surface area (Å²) >= 11 is 6.60. The fourth-order valence-electron chi connectivity index (χ4n) is 4.32. The second-order valence-corrected chi connectivity index (χ2v) is 8.55. The van der Waals surface area contributed by atoms with E-state index in [1.165, 1.54) is 0 Å². The van der Waals surface area contributed by atoms with Gasteiger partial charge in [-0.1, -0.05) is 54.1 Å². The fraction of sp³-hybridized carbons (Fsp3) is 0.185. The molecule has 7 heteroatoms. The quantitative estimate of drug-likeness (QED) is 0.406. The summed E-state index contributed by atoms with van der Waals surface area (Å²) in [7, 11) is 0. The van der Waals surface area contributed by atoms with Gasteiger partial charge in [-0.05, 0) is 35.4 Å². The van der Waals surface area contributed by atoms with Crippen LogP contribution in [-0.2, 0) is 4.79 Å². The Morgan fingerprint density at radius 1 is 1.09 bits per heavy atom. The molecule has 3 aromatic carbocycles. The van der Waals surface area contributed by atoms with Crippen LogP contribution in [0.3, 0.4) is 0 Å². The van der Waals surface area contributed by atoms with E-state index in [2.05, 4.69) is 16.4 Å². The number of hydrogen-bond acceptors (Lipinski definition) is 4. The van der Waals surface area contributed by atoms with Crippen LogP contribution in [0.1, 0.15) is 29.0 Å². The molecule has 0 radical (unpaired) electrons. The van der Waals surface area contributed by atoms with Crippen LogP contribution in [0.4, 0.5) is 0 Å². The van der Waals surface area contributed by atoms with Crippen LogP contribution in [0.2, 0.25) is 5.02 Å². The smallest absolute Gasteiger partial charge is 0.221 e. The van der Waals surface area contributed by atoms with Crippen molar-refractivity contribution >= 4 is 28.4 Å². The number of halogens is 1. The first kappa shape index (κ1) is 21.9. The molecular weight excluding hydrogens is 450 g/mol. The third kappa shape index (κ3) is 4.30. The number of nitrogens with zero attached hydrogens (tertiary/aromatic N) is 1. The number of aromatic nitrogens is 1. The van der Waals surface area contributed by atoms with Crippen LogP contribution in [-0.4, -0.2) is 30.1 Å². The maximum atomic E-state index is 13.1. The van der Waals surface area contributed by atoms with Crippen molar-refractivity contribution < 1.29 is 14.3 Å². The van der Waals surface area contributed by atoms with Crippen LogP contribution < -0.4 is 14.8 Å². The zero-order valence-electron chi connectivity index (χ0n) is 18.3. The number of nitrogens with one attached hydrogen (secondary N) is 2. The van der Waals surface area contributed by atoms with E-state index in [0.717, 1.165) is 22.0 Å². The molecule has 2 atom stereocenters. The van der Waals surface area contributed by atoms with Crippen molar-refractivity contribution in [2.75, 3.05) is 13.2 Å². The highest BCUT2D eigenvalue weighted by Crippen LogP contribution is 2.38. The third-order valence-electron chi connectivity index (χ3n) is 6.01. The van der Waals surface area contributed by atoms with Gasteiger partial charge in [-0.2, -0.15) is 5.26 Å². The first-order valence-corrected chi connectivity index (χ1v) is 11.4. The molecule has 170 valence electrons. The SMILES string of the molecule is N#Cc1cccc([C@@H](CC(=O)NC[C@H]2COc3ccccc3O2)c2c[nH]c3ccccc23)c1Cl. The first-order chi connectivity index (χ1) is 16.6. The van der Waals surface area contributed by atoms with Gasteiger partial charge in [-0.25, -0.2) is 0 Å². The molecule has 1 aliphatic heterocycles. The summed E-state index contributed by atoms with van der Waals surface area (Å²) < 4.78 is 11.7. The van der Waals surface area contributed by atoms with E-state index in [0.29, 0.717) is 35.2 Å². The summed E-state index contributed by atoms with van der Waals surface area (Å²) in [5, 5.41) is 13.8. The lowest BCUT2D eigenvalue weighted by molar-refractivity contribution is -0.121. The molecule has 0 unspecified atom stereocenters. The Kier molecular flexibility index (Phi) is 6.11. The van der Waals surface area contributed by atoms with E-state index in [4.69, 9.17) is 21.1 Å². The third-order valence-corrected chi connectivity index (χ3v) is 6.43. The van der Waals surface area contributed by atoms with Gasteiger partial charge < -0.3 is 19.8 Å². The van der Waals surface area contributed by atoms with E-state index in [1.807, 2.05) is 60.8 Å². The first-order valence-electron chi connectivity index (χ1n) is 11.0. The summed E-state index contributed by atoms with van der Waals surface area (Å²) in [6.07, 6.45) is 1.80. The number of ether oxygens (including phenoxy) is 2. The van der Waals surface area contributed by atoms with Gasteiger partial charge in [0.1, 0.15) is 18.8 Å². The second-order valence-electron chi connectivity index (χ2n) is 8.17. The predicted octanol–water partition coefficient (Wildman–Crippen LogP) is 5.17. The van der Waals surface area contributed by atoms with E-state index in [-0.39, 0.29) is 24.3 Å². The fourth-order valence-corrected chi connectivity index (χ4v) is 4.62. The van der Waals surface area contributed by atoms with Crippen molar-refractivity contribution in [2.45, 2.75) is 18.4 Å². The monoisotopic (exact) mass is 471 g/mol. The maximum absolute atomic E-state index is 13.1. The summed E-state index contributed by atoms with van der Waals surface area (Å²) in [5.41, 5.74) is 3.05. The summed E-state index contributed by atoms with van der Waals surface area (Å²) in [6.45, 7) is 0.680. The molecule has 2 N–H and O–H groups in total. The molecule has 0 bridgehead atoms. The van der Waals surface area contributed by atoms with E-state index >= 15 is 0 Å².